The van der Waals surface area contributed by atoms with Crippen molar-refractivity contribution in [2.24, 2.45) is 0 Å². The third-order valence-corrected chi connectivity index (χ3v) is 2.43. The Labute approximate surface area is 108 Å². The molecule has 0 aliphatic rings. The zero-order valence-corrected chi connectivity index (χ0v) is 9.94. The normalized spacial score (nSPS) is 9.78. The molecule has 0 saturated carbocycles. The number of nitrogens with two attached hydrogens (primary N) is 2. The van der Waals surface area contributed by atoms with E-state index in [1.54, 1.807) is 24.3 Å². The Morgan fingerprint density at radius 1 is 1.17 bits per heavy atom. The average molecular weight is 261 g/mol. The highest BCUT2D eigenvalue weighted by atomic mass is 35.5. The molecule has 1 aromatic heterocycles. The number of hydrogen-bond acceptors (Lipinski definition) is 6. The topological polar surface area (TPSA) is 114 Å². The molecule has 0 spiro atoms. The van der Waals surface area contributed by atoms with E-state index in [0.717, 1.165) is 0 Å². The molecule has 0 unspecified atom stereocenters. The maximum absolute atomic E-state index is 9.00. The first-order valence-corrected chi connectivity index (χ1v) is 5.33. The average Bonchev–Trinajstić information content (AvgIpc) is 2.32. The number of nitrogen functional groups attached to an aromatic ring is 2. The summed E-state index contributed by atoms with van der Waals surface area (Å²) < 4.78 is 0. The summed E-state index contributed by atoms with van der Waals surface area (Å²) in [5.74, 6) is 0.314. The summed E-state index contributed by atoms with van der Waals surface area (Å²) in [6, 6.07) is 8.85. The minimum Gasteiger partial charge on any atom is -0.382 e. The first-order chi connectivity index (χ1) is 8.60. The van der Waals surface area contributed by atoms with Gasteiger partial charge in [-0.15, -0.1) is 0 Å². The van der Waals surface area contributed by atoms with Gasteiger partial charge in [0, 0.05) is 10.7 Å². The van der Waals surface area contributed by atoms with Crippen molar-refractivity contribution < 1.29 is 0 Å². The Hall–Kier alpha value is -2.52. The standard InChI is InChI=1S/C11H9ClN6/c12-6-1-3-7(4-2-6)16-10-8(5-13)9(14)17-11(15)18-10/h1-4H,(H5,14,15,16,17,18). The van der Waals surface area contributed by atoms with Gasteiger partial charge in [0.2, 0.25) is 5.95 Å². The molecule has 0 radical (unpaired) electrons. The van der Waals surface area contributed by atoms with Gasteiger partial charge in [0.1, 0.15) is 17.5 Å². The van der Waals surface area contributed by atoms with Crippen LogP contribution in [0, 0.1) is 11.3 Å². The molecule has 0 aliphatic carbocycles. The number of anilines is 4. The summed E-state index contributed by atoms with van der Waals surface area (Å²) >= 11 is 5.78. The van der Waals surface area contributed by atoms with Crippen molar-refractivity contribution in [3.63, 3.8) is 0 Å². The molecule has 0 amide bonds. The van der Waals surface area contributed by atoms with Crippen LogP contribution in [-0.4, -0.2) is 9.97 Å². The number of rotatable bonds is 2. The Balaban J connectivity index is 2.40. The Bertz CT molecular complexity index is 617. The molecule has 0 bridgehead atoms. The van der Waals surface area contributed by atoms with Gasteiger partial charge in [0.05, 0.1) is 0 Å². The highest BCUT2D eigenvalue weighted by Gasteiger charge is 2.11. The Morgan fingerprint density at radius 2 is 1.83 bits per heavy atom. The maximum Gasteiger partial charge on any atom is 0.224 e. The molecular weight excluding hydrogens is 252 g/mol. The lowest BCUT2D eigenvalue weighted by molar-refractivity contribution is 1.18. The molecule has 7 heteroatoms. The fraction of sp³-hybridized carbons (Fsp3) is 0. The van der Waals surface area contributed by atoms with Crippen molar-refractivity contribution in [2.75, 3.05) is 16.8 Å². The van der Waals surface area contributed by atoms with Gasteiger partial charge in [-0.3, -0.25) is 0 Å². The van der Waals surface area contributed by atoms with E-state index >= 15 is 0 Å². The lowest BCUT2D eigenvalue weighted by atomic mass is 10.2. The fourth-order valence-electron chi connectivity index (χ4n) is 1.37. The van der Waals surface area contributed by atoms with Gasteiger partial charge in [-0.2, -0.15) is 15.2 Å². The van der Waals surface area contributed by atoms with Gasteiger partial charge < -0.3 is 16.8 Å². The summed E-state index contributed by atoms with van der Waals surface area (Å²) in [5, 5.41) is 12.6. The van der Waals surface area contributed by atoms with Gasteiger partial charge >= 0.3 is 0 Å². The van der Waals surface area contributed by atoms with Crippen molar-refractivity contribution in [3.8, 4) is 6.07 Å². The number of nitrogens with one attached hydrogen (secondary N) is 1. The van der Waals surface area contributed by atoms with Crippen molar-refractivity contribution in [1.29, 1.82) is 5.26 Å². The van der Waals surface area contributed by atoms with E-state index < -0.39 is 0 Å². The predicted octanol–water partition coefficient (Wildman–Crippen LogP) is 1.91. The molecule has 90 valence electrons. The third kappa shape index (κ3) is 2.42. The molecule has 18 heavy (non-hydrogen) atoms. The van der Waals surface area contributed by atoms with E-state index in [-0.39, 0.29) is 23.1 Å². The maximum atomic E-state index is 9.00. The molecule has 1 aromatic carbocycles. The quantitative estimate of drug-likeness (QED) is 0.760. The van der Waals surface area contributed by atoms with Gasteiger partial charge in [0.15, 0.2) is 5.82 Å². The second kappa shape index (κ2) is 4.77. The first kappa shape index (κ1) is 12.0. The van der Waals surface area contributed by atoms with Gasteiger partial charge in [0.25, 0.3) is 0 Å². The van der Waals surface area contributed by atoms with Crippen LogP contribution in [0.4, 0.5) is 23.3 Å². The van der Waals surface area contributed by atoms with Gasteiger partial charge in [-0.1, -0.05) is 11.6 Å². The minimum atomic E-state index is 0.00274. The number of hydrogen-bond donors (Lipinski definition) is 3. The van der Waals surface area contributed by atoms with E-state index in [2.05, 4.69) is 15.3 Å². The van der Waals surface area contributed by atoms with Crippen LogP contribution in [0.2, 0.25) is 5.02 Å². The van der Waals surface area contributed by atoms with E-state index in [1.165, 1.54) is 0 Å². The Morgan fingerprint density at radius 3 is 2.44 bits per heavy atom. The number of aromatic nitrogens is 2. The molecule has 5 N–H and O–H groups in total. The van der Waals surface area contributed by atoms with Crippen LogP contribution >= 0.6 is 11.6 Å². The monoisotopic (exact) mass is 260 g/mol. The highest BCUT2D eigenvalue weighted by Crippen LogP contribution is 2.23. The zero-order chi connectivity index (χ0) is 13.1. The lowest BCUT2D eigenvalue weighted by Crippen LogP contribution is -2.07. The summed E-state index contributed by atoms with van der Waals surface area (Å²) in [4.78, 5) is 7.66. The number of benzene rings is 1. The zero-order valence-electron chi connectivity index (χ0n) is 9.18. The molecule has 6 nitrogen and oxygen atoms in total. The molecule has 2 aromatic rings. The third-order valence-electron chi connectivity index (χ3n) is 2.17. The molecule has 0 aliphatic heterocycles. The van der Waals surface area contributed by atoms with E-state index in [9.17, 15) is 0 Å². The summed E-state index contributed by atoms with van der Waals surface area (Å²) in [5.41, 5.74) is 12.0. The summed E-state index contributed by atoms with van der Waals surface area (Å²) in [7, 11) is 0. The number of nitriles is 1. The number of halogens is 1. The van der Waals surface area contributed by atoms with Crippen LogP contribution in [0.15, 0.2) is 24.3 Å². The SMILES string of the molecule is N#Cc1c(N)nc(N)nc1Nc1ccc(Cl)cc1. The van der Waals surface area contributed by atoms with Gasteiger partial charge in [-0.05, 0) is 24.3 Å². The van der Waals surface area contributed by atoms with Crippen LogP contribution in [0.25, 0.3) is 0 Å². The fourth-order valence-corrected chi connectivity index (χ4v) is 1.49. The van der Waals surface area contributed by atoms with Gasteiger partial charge in [-0.25, -0.2) is 0 Å². The molecule has 0 atom stereocenters. The molecule has 2 rings (SSSR count). The van der Waals surface area contributed by atoms with Crippen LogP contribution in [-0.2, 0) is 0 Å². The summed E-state index contributed by atoms with van der Waals surface area (Å²) in [6.07, 6.45) is 0. The minimum absolute atomic E-state index is 0.00274. The van der Waals surface area contributed by atoms with Crippen molar-refractivity contribution >= 4 is 34.9 Å². The second-order valence-electron chi connectivity index (χ2n) is 3.43. The molecule has 0 saturated heterocycles. The molecule has 1 heterocycles. The van der Waals surface area contributed by atoms with Crippen LogP contribution < -0.4 is 16.8 Å². The van der Waals surface area contributed by atoms with Crippen molar-refractivity contribution in [2.45, 2.75) is 0 Å². The Kier molecular flexibility index (Phi) is 3.17. The lowest BCUT2D eigenvalue weighted by Gasteiger charge is -2.09. The predicted molar refractivity (Wildman–Crippen MR) is 70.3 cm³/mol. The number of nitrogens with zero attached hydrogens (tertiary/aromatic N) is 3. The van der Waals surface area contributed by atoms with Crippen LogP contribution in [0.1, 0.15) is 5.56 Å². The van der Waals surface area contributed by atoms with Crippen LogP contribution in [0.5, 0.6) is 0 Å². The smallest absolute Gasteiger partial charge is 0.224 e. The van der Waals surface area contributed by atoms with E-state index in [4.69, 9.17) is 28.3 Å². The largest absolute Gasteiger partial charge is 0.382 e. The second-order valence-corrected chi connectivity index (χ2v) is 3.87. The van der Waals surface area contributed by atoms with E-state index in [1.807, 2.05) is 6.07 Å². The van der Waals surface area contributed by atoms with Crippen LogP contribution in [0.3, 0.4) is 0 Å². The van der Waals surface area contributed by atoms with Crippen molar-refractivity contribution in [3.05, 3.63) is 34.9 Å². The molecule has 0 fully saturated rings. The van der Waals surface area contributed by atoms with E-state index in [0.29, 0.717) is 10.7 Å². The summed E-state index contributed by atoms with van der Waals surface area (Å²) in [6.45, 7) is 0. The molecular formula is C11H9ClN6. The van der Waals surface area contributed by atoms with Crippen molar-refractivity contribution in [1.82, 2.24) is 9.97 Å². The highest BCUT2D eigenvalue weighted by molar-refractivity contribution is 6.30. The first-order valence-electron chi connectivity index (χ1n) is 4.96.